The molecule has 0 N–H and O–H groups in total. The molecule has 36 heavy (non-hydrogen) atoms. The average Bonchev–Trinajstić information content (AvgIpc) is 3.51. The van der Waals surface area contributed by atoms with Crippen LogP contribution < -0.4 is 0 Å². The van der Waals surface area contributed by atoms with Crippen molar-refractivity contribution in [3.05, 3.63) is 131 Å². The lowest BCUT2D eigenvalue weighted by atomic mass is 9.69. The Morgan fingerprint density at radius 1 is 0.556 bits per heavy atom. The third kappa shape index (κ3) is 2.35. The predicted molar refractivity (Wildman–Crippen MR) is 154 cm³/mol. The highest BCUT2D eigenvalue weighted by Crippen LogP contribution is 2.64. The first-order chi connectivity index (χ1) is 17.5. The number of fused-ring (bicyclic) bond motifs is 14. The van der Waals surface area contributed by atoms with Crippen molar-refractivity contribution in [2.24, 2.45) is 0 Å². The molecule has 2 aliphatic carbocycles. The molecule has 0 amide bonds. The Hall–Kier alpha value is -3.68. The molecule has 1 heteroatoms. The lowest BCUT2D eigenvalue weighted by Crippen LogP contribution is -2.26. The van der Waals surface area contributed by atoms with E-state index in [1.54, 1.807) is 0 Å². The van der Waals surface area contributed by atoms with Crippen LogP contribution >= 0.6 is 11.3 Å². The lowest BCUT2D eigenvalue weighted by Gasteiger charge is -2.31. The molecule has 1 aromatic heterocycles. The van der Waals surface area contributed by atoms with E-state index in [1.165, 1.54) is 70.2 Å². The molecule has 1 heterocycles. The van der Waals surface area contributed by atoms with E-state index in [9.17, 15) is 0 Å². The van der Waals surface area contributed by atoms with Gasteiger partial charge in [0.25, 0.3) is 0 Å². The molecule has 0 radical (unpaired) electrons. The highest BCUT2D eigenvalue weighted by Gasteiger charge is 2.52. The zero-order valence-corrected chi connectivity index (χ0v) is 21.5. The van der Waals surface area contributed by atoms with Gasteiger partial charge in [-0.3, -0.25) is 0 Å². The molecule has 1 atom stereocenters. The molecule has 2 aliphatic rings. The Balaban J connectivity index is 1.58. The quantitative estimate of drug-likeness (QED) is 0.203. The molecule has 0 fully saturated rings. The molecule has 5 aromatic carbocycles. The Labute approximate surface area is 215 Å². The molecule has 8 rings (SSSR count). The molecule has 0 aliphatic heterocycles. The van der Waals surface area contributed by atoms with Crippen LogP contribution in [0.1, 0.15) is 48.6 Å². The maximum Gasteiger partial charge on any atom is 0.0726 e. The SMILES string of the molecule is CC(C)(C)c1ccc2c(c1)C1(c3ccccc3-2)c2ccccc2-c2c1ccc1c2sc2ccccc21. The lowest BCUT2D eigenvalue weighted by molar-refractivity contribution is 0.588. The van der Waals surface area contributed by atoms with Gasteiger partial charge in [0.15, 0.2) is 0 Å². The van der Waals surface area contributed by atoms with Gasteiger partial charge in [-0.15, -0.1) is 11.3 Å². The summed E-state index contributed by atoms with van der Waals surface area (Å²) in [5, 5.41) is 2.73. The Bertz CT molecular complexity index is 1880. The second-order valence-corrected chi connectivity index (χ2v) is 12.4. The van der Waals surface area contributed by atoms with Crippen molar-refractivity contribution in [3.8, 4) is 22.3 Å². The number of rotatable bonds is 0. The molecular weight excluding hydrogens is 452 g/mol. The van der Waals surface area contributed by atoms with Crippen LogP contribution in [0.2, 0.25) is 0 Å². The van der Waals surface area contributed by atoms with Crippen molar-refractivity contribution in [2.45, 2.75) is 31.6 Å². The van der Waals surface area contributed by atoms with Crippen molar-refractivity contribution in [2.75, 3.05) is 0 Å². The van der Waals surface area contributed by atoms with E-state index >= 15 is 0 Å². The summed E-state index contributed by atoms with van der Waals surface area (Å²) in [4.78, 5) is 0. The van der Waals surface area contributed by atoms with E-state index in [0.29, 0.717) is 0 Å². The zero-order valence-electron chi connectivity index (χ0n) is 20.7. The van der Waals surface area contributed by atoms with Crippen LogP contribution in [0.25, 0.3) is 42.4 Å². The maximum atomic E-state index is 2.51. The zero-order chi connectivity index (χ0) is 24.2. The van der Waals surface area contributed by atoms with Crippen LogP contribution in [0.3, 0.4) is 0 Å². The van der Waals surface area contributed by atoms with E-state index in [4.69, 9.17) is 0 Å². The second-order valence-electron chi connectivity index (χ2n) is 11.3. The fourth-order valence-electron chi connectivity index (χ4n) is 6.87. The summed E-state index contributed by atoms with van der Waals surface area (Å²) in [7, 11) is 0. The smallest absolute Gasteiger partial charge is 0.0726 e. The average molecular weight is 479 g/mol. The third-order valence-corrected chi connectivity index (χ3v) is 9.67. The molecule has 0 saturated carbocycles. The van der Waals surface area contributed by atoms with E-state index in [-0.39, 0.29) is 10.8 Å². The standard InChI is InChI=1S/C35H26S/c1-34(2,3)21-16-17-23-22-10-4-7-13-27(22)35(30(23)20-21)28-14-8-5-12-26(28)32-29(35)19-18-25-24-11-6-9-15-31(24)36-33(25)32/h4-20H,1-3H3. The topological polar surface area (TPSA) is 0 Å². The number of hydrogen-bond acceptors (Lipinski definition) is 1. The summed E-state index contributed by atoms with van der Waals surface area (Å²) >= 11 is 1.94. The minimum Gasteiger partial charge on any atom is -0.135 e. The minimum atomic E-state index is -0.288. The largest absolute Gasteiger partial charge is 0.135 e. The first-order valence-corrected chi connectivity index (χ1v) is 13.6. The van der Waals surface area contributed by atoms with E-state index in [0.717, 1.165) is 0 Å². The van der Waals surface area contributed by atoms with Crippen LogP contribution in [0.5, 0.6) is 0 Å². The fourth-order valence-corrected chi connectivity index (χ4v) is 8.13. The van der Waals surface area contributed by atoms with Crippen molar-refractivity contribution in [3.63, 3.8) is 0 Å². The van der Waals surface area contributed by atoms with Gasteiger partial charge in [-0.1, -0.05) is 118 Å². The predicted octanol–water partition coefficient (Wildman–Crippen LogP) is 9.70. The number of benzene rings is 5. The van der Waals surface area contributed by atoms with Crippen LogP contribution in [-0.4, -0.2) is 0 Å². The van der Waals surface area contributed by atoms with Crippen LogP contribution in [0.15, 0.2) is 103 Å². The molecule has 1 spiro atoms. The molecule has 172 valence electrons. The van der Waals surface area contributed by atoms with Gasteiger partial charge in [0.1, 0.15) is 0 Å². The molecule has 0 saturated heterocycles. The summed E-state index contributed by atoms with van der Waals surface area (Å²) < 4.78 is 2.78. The Morgan fingerprint density at radius 3 is 2.03 bits per heavy atom. The van der Waals surface area contributed by atoms with Gasteiger partial charge in [-0.25, -0.2) is 0 Å². The van der Waals surface area contributed by atoms with Gasteiger partial charge in [-0.2, -0.15) is 0 Å². The van der Waals surface area contributed by atoms with E-state index < -0.39 is 0 Å². The van der Waals surface area contributed by atoms with E-state index in [1.807, 2.05) is 11.3 Å². The van der Waals surface area contributed by atoms with Crippen molar-refractivity contribution >= 4 is 31.5 Å². The molecule has 0 nitrogen and oxygen atoms in total. The monoisotopic (exact) mass is 478 g/mol. The van der Waals surface area contributed by atoms with Crippen LogP contribution in [0.4, 0.5) is 0 Å². The van der Waals surface area contributed by atoms with Gasteiger partial charge in [-0.05, 0) is 56.0 Å². The molecule has 1 unspecified atom stereocenters. The first-order valence-electron chi connectivity index (χ1n) is 12.8. The van der Waals surface area contributed by atoms with Gasteiger partial charge < -0.3 is 0 Å². The minimum absolute atomic E-state index is 0.0847. The maximum absolute atomic E-state index is 2.51. The normalized spacial score (nSPS) is 17.4. The Morgan fingerprint density at radius 2 is 1.22 bits per heavy atom. The Kier molecular flexibility index (Phi) is 3.84. The summed E-state index contributed by atoms with van der Waals surface area (Å²) in [5.41, 5.74) is 12.4. The van der Waals surface area contributed by atoms with E-state index in [2.05, 4.69) is 124 Å². The third-order valence-electron chi connectivity index (χ3n) is 8.46. The van der Waals surface area contributed by atoms with Crippen molar-refractivity contribution < 1.29 is 0 Å². The summed E-state index contributed by atoms with van der Waals surface area (Å²) in [6, 6.07) is 39.2. The summed E-state index contributed by atoms with van der Waals surface area (Å²) in [6.45, 7) is 6.96. The van der Waals surface area contributed by atoms with Gasteiger partial charge in [0.05, 0.1) is 5.41 Å². The number of hydrogen-bond donors (Lipinski definition) is 0. The molecular formula is C35H26S. The molecule has 6 aromatic rings. The van der Waals surface area contributed by atoms with Gasteiger partial charge in [0.2, 0.25) is 0 Å². The summed E-state index contributed by atoms with van der Waals surface area (Å²) in [5.74, 6) is 0. The first kappa shape index (κ1) is 20.5. The van der Waals surface area contributed by atoms with Crippen molar-refractivity contribution in [1.82, 2.24) is 0 Å². The number of thiophene rings is 1. The second kappa shape index (κ2) is 6.75. The highest BCUT2D eigenvalue weighted by molar-refractivity contribution is 7.26. The fraction of sp³-hybridized carbons (Fsp3) is 0.143. The van der Waals surface area contributed by atoms with Crippen LogP contribution in [-0.2, 0) is 10.8 Å². The van der Waals surface area contributed by atoms with Crippen molar-refractivity contribution in [1.29, 1.82) is 0 Å². The summed E-state index contributed by atoms with van der Waals surface area (Å²) in [6.07, 6.45) is 0. The van der Waals surface area contributed by atoms with Gasteiger partial charge >= 0.3 is 0 Å². The molecule has 0 bridgehead atoms. The van der Waals surface area contributed by atoms with Crippen LogP contribution in [0, 0.1) is 0 Å². The van der Waals surface area contributed by atoms with Gasteiger partial charge in [0, 0.05) is 25.7 Å². The highest BCUT2D eigenvalue weighted by atomic mass is 32.1.